The summed E-state index contributed by atoms with van der Waals surface area (Å²) in [6, 6.07) is 7.52. The number of benzene rings is 1. The third-order valence-corrected chi connectivity index (χ3v) is 4.77. The van der Waals surface area contributed by atoms with Gasteiger partial charge in [-0.15, -0.1) is 0 Å². The quantitative estimate of drug-likeness (QED) is 0.695. The highest BCUT2D eigenvalue weighted by molar-refractivity contribution is 5.86. The van der Waals surface area contributed by atoms with Crippen molar-refractivity contribution in [2.24, 2.45) is 5.73 Å². The van der Waals surface area contributed by atoms with Crippen LogP contribution < -0.4 is 11.1 Å². The van der Waals surface area contributed by atoms with Crippen LogP contribution in [0.5, 0.6) is 0 Å². The Kier molecular flexibility index (Phi) is 6.02. The highest BCUT2D eigenvalue weighted by Gasteiger charge is 2.26. The predicted molar refractivity (Wildman–Crippen MR) is 100.0 cm³/mol. The maximum Gasteiger partial charge on any atom is 0.237 e. The van der Waals surface area contributed by atoms with Gasteiger partial charge in [0, 0.05) is 29.2 Å². The number of hydrogen-bond donors (Lipinski definition) is 3. The number of aromatic amines is 1. The molecule has 0 aliphatic heterocycles. The Morgan fingerprint density at radius 3 is 2.62 bits per heavy atom. The van der Waals surface area contributed by atoms with Crippen LogP contribution in [0.1, 0.15) is 33.3 Å². The summed E-state index contributed by atoms with van der Waals surface area (Å²) < 4.78 is 0. The van der Waals surface area contributed by atoms with Crippen LogP contribution >= 0.6 is 0 Å². The van der Waals surface area contributed by atoms with Crippen LogP contribution in [-0.4, -0.2) is 47.0 Å². The summed E-state index contributed by atoms with van der Waals surface area (Å²) in [4.78, 5) is 17.9. The number of aromatic nitrogens is 1. The largest absolute Gasteiger partial charge is 0.361 e. The molecule has 0 aliphatic rings. The van der Waals surface area contributed by atoms with Crippen LogP contribution in [0.25, 0.3) is 10.9 Å². The zero-order chi connectivity index (χ0) is 17.7. The molecule has 1 aromatic heterocycles. The fraction of sp³-hybridized carbons (Fsp3) is 0.526. The van der Waals surface area contributed by atoms with E-state index in [1.807, 2.05) is 24.4 Å². The molecule has 1 heterocycles. The number of H-pyrrole nitrogens is 1. The molecular formula is C19H30N4O. The third-order valence-electron chi connectivity index (χ3n) is 4.77. The number of nitrogens with zero attached hydrogens (tertiary/aromatic N) is 1. The van der Waals surface area contributed by atoms with Crippen molar-refractivity contribution in [3.05, 3.63) is 36.0 Å². The highest BCUT2D eigenvalue weighted by Crippen LogP contribution is 2.19. The van der Waals surface area contributed by atoms with Crippen molar-refractivity contribution in [2.45, 2.75) is 45.7 Å². The average Bonchev–Trinajstić information content (AvgIpc) is 2.96. The van der Waals surface area contributed by atoms with Gasteiger partial charge in [0.2, 0.25) is 5.91 Å². The Balaban J connectivity index is 1.95. The summed E-state index contributed by atoms with van der Waals surface area (Å²) in [6.45, 7) is 11.1. The number of fused-ring (bicyclic) bond motifs is 1. The maximum absolute atomic E-state index is 12.4. The first kappa shape index (κ1) is 18.5. The first-order chi connectivity index (χ1) is 11.4. The molecule has 0 bridgehead atoms. The molecule has 5 nitrogen and oxygen atoms in total. The summed E-state index contributed by atoms with van der Waals surface area (Å²) >= 11 is 0. The predicted octanol–water partition coefficient (Wildman–Crippen LogP) is 2.27. The number of likely N-dealkylation sites (N-methyl/N-ethyl adjacent to an activating group) is 1. The number of nitrogens with one attached hydrogen (secondary N) is 2. The van der Waals surface area contributed by atoms with Crippen LogP contribution in [0.2, 0.25) is 0 Å². The van der Waals surface area contributed by atoms with E-state index in [1.54, 1.807) is 0 Å². The number of rotatable bonds is 8. The van der Waals surface area contributed by atoms with E-state index in [4.69, 9.17) is 5.73 Å². The Hall–Kier alpha value is -1.85. The molecule has 5 heteroatoms. The molecule has 0 spiro atoms. The van der Waals surface area contributed by atoms with Gasteiger partial charge in [-0.1, -0.05) is 32.0 Å². The second-order valence-electron chi connectivity index (χ2n) is 6.87. The second kappa shape index (κ2) is 7.81. The van der Waals surface area contributed by atoms with Crippen molar-refractivity contribution in [1.82, 2.24) is 15.2 Å². The molecule has 0 unspecified atom stereocenters. The van der Waals surface area contributed by atoms with Gasteiger partial charge in [-0.25, -0.2) is 0 Å². The minimum absolute atomic E-state index is 0.0837. The molecular weight excluding hydrogens is 300 g/mol. The fourth-order valence-corrected chi connectivity index (χ4v) is 3.26. The summed E-state index contributed by atoms with van der Waals surface area (Å²) in [5.41, 5.74) is 8.20. The van der Waals surface area contributed by atoms with E-state index in [9.17, 15) is 4.79 Å². The lowest BCUT2D eigenvalue weighted by Crippen LogP contribution is -2.54. The number of hydrogen-bond acceptors (Lipinski definition) is 3. The Bertz CT molecular complexity index is 673. The first-order valence-corrected chi connectivity index (χ1v) is 8.72. The smallest absolute Gasteiger partial charge is 0.237 e. The SMILES string of the molecule is CCN(CC)C(C)(C)CNC(=O)[C@@H](N)Cc1c[nH]c2ccccc12. The zero-order valence-electron chi connectivity index (χ0n) is 15.2. The van der Waals surface area contributed by atoms with E-state index in [2.05, 4.69) is 49.0 Å². The molecule has 4 N–H and O–H groups in total. The topological polar surface area (TPSA) is 74.2 Å². The van der Waals surface area contributed by atoms with E-state index in [-0.39, 0.29) is 11.4 Å². The van der Waals surface area contributed by atoms with Crippen molar-refractivity contribution in [2.75, 3.05) is 19.6 Å². The minimum atomic E-state index is -0.545. The molecule has 1 atom stereocenters. The molecule has 1 aromatic carbocycles. The van der Waals surface area contributed by atoms with Gasteiger partial charge in [-0.2, -0.15) is 0 Å². The molecule has 0 saturated carbocycles. The van der Waals surface area contributed by atoms with Crippen molar-refractivity contribution in [1.29, 1.82) is 0 Å². The van der Waals surface area contributed by atoms with Gasteiger partial charge >= 0.3 is 0 Å². The molecule has 24 heavy (non-hydrogen) atoms. The van der Waals surface area contributed by atoms with Gasteiger partial charge in [0.25, 0.3) is 0 Å². The van der Waals surface area contributed by atoms with Crippen LogP contribution in [-0.2, 0) is 11.2 Å². The maximum atomic E-state index is 12.4. The molecule has 0 aliphatic carbocycles. The van der Waals surface area contributed by atoms with Gasteiger partial charge in [0.15, 0.2) is 0 Å². The lowest BCUT2D eigenvalue weighted by Gasteiger charge is -2.37. The normalized spacial score (nSPS) is 13.4. The molecule has 0 fully saturated rings. The molecule has 1 amide bonds. The molecule has 132 valence electrons. The molecule has 2 aromatic rings. The first-order valence-electron chi connectivity index (χ1n) is 8.72. The summed E-state index contributed by atoms with van der Waals surface area (Å²) in [5, 5.41) is 4.15. The standard InChI is InChI=1S/C19H30N4O/c1-5-23(6-2)19(3,4)13-22-18(24)16(20)11-14-12-21-17-10-8-7-9-15(14)17/h7-10,12,16,21H,5-6,11,13,20H2,1-4H3,(H,22,24)/t16-/m0/s1. The minimum Gasteiger partial charge on any atom is -0.361 e. The van der Waals surface area contributed by atoms with E-state index in [1.165, 1.54) is 0 Å². The van der Waals surface area contributed by atoms with Crippen molar-refractivity contribution in [3.63, 3.8) is 0 Å². The van der Waals surface area contributed by atoms with Crippen molar-refractivity contribution >= 4 is 16.8 Å². The van der Waals surface area contributed by atoms with Crippen LogP contribution in [0.3, 0.4) is 0 Å². The average molecular weight is 330 g/mol. The zero-order valence-corrected chi connectivity index (χ0v) is 15.2. The molecule has 0 radical (unpaired) electrons. The Labute approximate surface area is 144 Å². The fourth-order valence-electron chi connectivity index (χ4n) is 3.26. The van der Waals surface area contributed by atoms with Crippen LogP contribution in [0.15, 0.2) is 30.5 Å². The van der Waals surface area contributed by atoms with Gasteiger partial charge in [0.05, 0.1) is 6.04 Å². The van der Waals surface area contributed by atoms with E-state index in [0.717, 1.165) is 29.6 Å². The number of amides is 1. The summed E-state index contributed by atoms with van der Waals surface area (Å²) in [7, 11) is 0. The van der Waals surface area contributed by atoms with E-state index in [0.29, 0.717) is 13.0 Å². The lowest BCUT2D eigenvalue weighted by molar-refractivity contribution is -0.122. The number of carbonyl (C=O) groups is 1. The van der Waals surface area contributed by atoms with Crippen molar-refractivity contribution < 1.29 is 4.79 Å². The Morgan fingerprint density at radius 2 is 1.96 bits per heavy atom. The summed E-state index contributed by atoms with van der Waals surface area (Å²) in [6.07, 6.45) is 2.47. The van der Waals surface area contributed by atoms with E-state index < -0.39 is 6.04 Å². The number of para-hydroxylation sites is 1. The van der Waals surface area contributed by atoms with Crippen LogP contribution in [0.4, 0.5) is 0 Å². The van der Waals surface area contributed by atoms with Gasteiger partial charge in [-0.05, 0) is 45.0 Å². The van der Waals surface area contributed by atoms with Crippen LogP contribution in [0, 0.1) is 0 Å². The summed E-state index contributed by atoms with van der Waals surface area (Å²) in [5.74, 6) is -0.0967. The molecule has 2 rings (SSSR count). The van der Waals surface area contributed by atoms with Gasteiger partial charge in [-0.3, -0.25) is 9.69 Å². The van der Waals surface area contributed by atoms with Crippen molar-refractivity contribution in [3.8, 4) is 0 Å². The van der Waals surface area contributed by atoms with Gasteiger partial charge < -0.3 is 16.0 Å². The number of carbonyl (C=O) groups excluding carboxylic acids is 1. The number of nitrogens with two attached hydrogens (primary N) is 1. The Morgan fingerprint density at radius 1 is 1.29 bits per heavy atom. The third kappa shape index (κ3) is 4.16. The molecule has 0 saturated heterocycles. The monoisotopic (exact) mass is 330 g/mol. The van der Waals surface area contributed by atoms with Gasteiger partial charge in [0.1, 0.15) is 0 Å². The van der Waals surface area contributed by atoms with E-state index >= 15 is 0 Å². The lowest BCUT2D eigenvalue weighted by atomic mass is 10.0. The highest BCUT2D eigenvalue weighted by atomic mass is 16.2. The second-order valence-corrected chi connectivity index (χ2v) is 6.87.